The molecule has 0 aliphatic rings. The molecule has 1 N–H and O–H groups in total. The molecule has 0 amide bonds. The molecule has 2 heteroatoms. The fourth-order valence-electron chi connectivity index (χ4n) is 2.06. The Morgan fingerprint density at radius 2 is 1.67 bits per heavy atom. The van der Waals surface area contributed by atoms with Gasteiger partial charge in [-0.1, -0.05) is 32.9 Å². The molecule has 1 atom stereocenters. The highest BCUT2D eigenvalue weighted by Crippen LogP contribution is 2.24. The predicted molar refractivity (Wildman–Crippen MR) is 78.1 cm³/mol. The molecule has 0 aliphatic heterocycles. The molecule has 1 unspecified atom stereocenters. The fourth-order valence-corrected chi connectivity index (χ4v) is 2.06. The van der Waals surface area contributed by atoms with Gasteiger partial charge in [0.1, 0.15) is 5.75 Å². The first-order valence-electron chi connectivity index (χ1n) is 7.04. The zero-order chi connectivity index (χ0) is 13.5. The maximum absolute atomic E-state index is 5.67. The monoisotopic (exact) mass is 249 g/mol. The van der Waals surface area contributed by atoms with Crippen LogP contribution >= 0.6 is 0 Å². The van der Waals surface area contributed by atoms with Gasteiger partial charge < -0.3 is 10.1 Å². The number of rotatable bonds is 7. The third-order valence-corrected chi connectivity index (χ3v) is 2.89. The Labute approximate surface area is 112 Å². The number of hydrogen-bond acceptors (Lipinski definition) is 2. The molecule has 0 saturated carbocycles. The highest BCUT2D eigenvalue weighted by Gasteiger charge is 2.14. The normalized spacial score (nSPS) is 13.1. The summed E-state index contributed by atoms with van der Waals surface area (Å²) in [5.41, 5.74) is 1.34. The van der Waals surface area contributed by atoms with Gasteiger partial charge in [-0.25, -0.2) is 0 Å². The minimum atomic E-state index is 0.231. The quantitative estimate of drug-likeness (QED) is 0.783. The zero-order valence-corrected chi connectivity index (χ0v) is 12.4. The van der Waals surface area contributed by atoms with Crippen LogP contribution in [0.3, 0.4) is 0 Å². The lowest BCUT2D eigenvalue weighted by Gasteiger charge is -2.23. The summed E-state index contributed by atoms with van der Waals surface area (Å²) >= 11 is 0. The van der Waals surface area contributed by atoms with Gasteiger partial charge in [-0.3, -0.25) is 0 Å². The van der Waals surface area contributed by atoms with Crippen LogP contribution in [-0.4, -0.2) is 12.6 Å². The van der Waals surface area contributed by atoms with Crippen molar-refractivity contribution in [2.75, 3.05) is 6.54 Å². The first-order chi connectivity index (χ1) is 8.54. The first kappa shape index (κ1) is 15.0. The summed E-state index contributed by atoms with van der Waals surface area (Å²) < 4.78 is 5.67. The SMILES string of the molecule is CCCNC(c1ccc(OC(C)C)cc1)C(C)C. The second kappa shape index (κ2) is 7.42. The first-order valence-corrected chi connectivity index (χ1v) is 7.04. The van der Waals surface area contributed by atoms with Gasteiger partial charge in [-0.15, -0.1) is 0 Å². The molecule has 1 rings (SSSR count). The van der Waals surface area contributed by atoms with Gasteiger partial charge in [0, 0.05) is 6.04 Å². The van der Waals surface area contributed by atoms with E-state index in [1.165, 1.54) is 5.56 Å². The Morgan fingerprint density at radius 1 is 1.06 bits per heavy atom. The number of hydrogen-bond donors (Lipinski definition) is 1. The summed E-state index contributed by atoms with van der Waals surface area (Å²) in [6.07, 6.45) is 1.40. The van der Waals surface area contributed by atoms with Gasteiger partial charge in [-0.05, 0) is 50.4 Å². The van der Waals surface area contributed by atoms with Crippen molar-refractivity contribution in [2.45, 2.75) is 53.2 Å². The van der Waals surface area contributed by atoms with Crippen molar-refractivity contribution < 1.29 is 4.74 Å². The van der Waals surface area contributed by atoms with Crippen LogP contribution in [0, 0.1) is 5.92 Å². The van der Waals surface area contributed by atoms with E-state index in [4.69, 9.17) is 4.74 Å². The van der Waals surface area contributed by atoms with E-state index in [2.05, 4.69) is 50.4 Å². The third kappa shape index (κ3) is 4.69. The van der Waals surface area contributed by atoms with Crippen molar-refractivity contribution in [2.24, 2.45) is 5.92 Å². The van der Waals surface area contributed by atoms with Crippen LogP contribution in [-0.2, 0) is 0 Å². The van der Waals surface area contributed by atoms with Gasteiger partial charge in [0.25, 0.3) is 0 Å². The average Bonchev–Trinajstić information content (AvgIpc) is 2.30. The number of ether oxygens (including phenoxy) is 1. The molecule has 0 fully saturated rings. The molecule has 102 valence electrons. The molecule has 1 aromatic rings. The summed E-state index contributed by atoms with van der Waals surface area (Å²) in [7, 11) is 0. The van der Waals surface area contributed by atoms with Gasteiger partial charge >= 0.3 is 0 Å². The van der Waals surface area contributed by atoms with Crippen LogP contribution in [0.15, 0.2) is 24.3 Å². The second-order valence-electron chi connectivity index (χ2n) is 5.41. The molecule has 0 radical (unpaired) electrons. The van der Waals surface area contributed by atoms with Crippen molar-refractivity contribution >= 4 is 0 Å². The van der Waals surface area contributed by atoms with Crippen LogP contribution in [0.2, 0.25) is 0 Å². The average molecular weight is 249 g/mol. The van der Waals surface area contributed by atoms with E-state index in [-0.39, 0.29) is 6.10 Å². The lowest BCUT2D eigenvalue weighted by molar-refractivity contribution is 0.242. The van der Waals surface area contributed by atoms with Gasteiger partial charge in [0.15, 0.2) is 0 Å². The van der Waals surface area contributed by atoms with E-state index < -0.39 is 0 Å². The summed E-state index contributed by atoms with van der Waals surface area (Å²) in [5.74, 6) is 1.54. The highest BCUT2D eigenvalue weighted by molar-refractivity contribution is 5.29. The Kier molecular flexibility index (Phi) is 6.20. The molecule has 0 aromatic heterocycles. The van der Waals surface area contributed by atoms with Crippen molar-refractivity contribution in [3.8, 4) is 5.75 Å². The smallest absolute Gasteiger partial charge is 0.119 e. The van der Waals surface area contributed by atoms with Gasteiger partial charge in [0.2, 0.25) is 0 Å². The topological polar surface area (TPSA) is 21.3 Å². The van der Waals surface area contributed by atoms with E-state index in [0.717, 1.165) is 18.7 Å². The highest BCUT2D eigenvalue weighted by atomic mass is 16.5. The van der Waals surface area contributed by atoms with Crippen molar-refractivity contribution in [1.82, 2.24) is 5.32 Å². The second-order valence-corrected chi connectivity index (χ2v) is 5.41. The maximum Gasteiger partial charge on any atom is 0.119 e. The standard InChI is InChI=1S/C16H27NO/c1-6-11-17-16(12(2)3)14-7-9-15(10-8-14)18-13(4)5/h7-10,12-13,16-17H,6,11H2,1-5H3. The minimum absolute atomic E-state index is 0.231. The Balaban J connectivity index is 2.73. The van der Waals surface area contributed by atoms with Crippen molar-refractivity contribution in [3.63, 3.8) is 0 Å². The fraction of sp³-hybridized carbons (Fsp3) is 0.625. The van der Waals surface area contributed by atoms with E-state index in [1.807, 2.05) is 13.8 Å². The summed E-state index contributed by atoms with van der Waals surface area (Å²) in [5, 5.41) is 3.60. The van der Waals surface area contributed by atoms with Crippen LogP contribution < -0.4 is 10.1 Å². The van der Waals surface area contributed by atoms with Crippen molar-refractivity contribution in [3.05, 3.63) is 29.8 Å². The van der Waals surface area contributed by atoms with Crippen molar-refractivity contribution in [1.29, 1.82) is 0 Å². The molecule has 1 aromatic carbocycles. The molecular formula is C16H27NO. The maximum atomic E-state index is 5.67. The summed E-state index contributed by atoms with van der Waals surface area (Å²) in [4.78, 5) is 0. The van der Waals surface area contributed by atoms with Crippen LogP contribution in [0.5, 0.6) is 5.75 Å². The lowest BCUT2D eigenvalue weighted by atomic mass is 9.96. The van der Waals surface area contributed by atoms with Crippen LogP contribution in [0.25, 0.3) is 0 Å². The summed E-state index contributed by atoms with van der Waals surface area (Å²) in [6, 6.07) is 8.91. The van der Waals surface area contributed by atoms with Gasteiger partial charge in [-0.2, -0.15) is 0 Å². The van der Waals surface area contributed by atoms with E-state index in [1.54, 1.807) is 0 Å². The molecule has 2 nitrogen and oxygen atoms in total. The predicted octanol–water partition coefficient (Wildman–Crippen LogP) is 4.17. The molecular weight excluding hydrogens is 222 g/mol. The molecule has 0 saturated heterocycles. The lowest BCUT2D eigenvalue weighted by Crippen LogP contribution is -2.26. The Morgan fingerprint density at radius 3 is 2.11 bits per heavy atom. The van der Waals surface area contributed by atoms with Crippen LogP contribution in [0.4, 0.5) is 0 Å². The Bertz CT molecular complexity index is 329. The molecule has 0 aliphatic carbocycles. The van der Waals surface area contributed by atoms with E-state index in [0.29, 0.717) is 12.0 Å². The van der Waals surface area contributed by atoms with Gasteiger partial charge in [0.05, 0.1) is 6.10 Å². The molecule has 18 heavy (non-hydrogen) atoms. The van der Waals surface area contributed by atoms with Crippen LogP contribution in [0.1, 0.15) is 52.6 Å². The molecule has 0 spiro atoms. The molecule has 0 bridgehead atoms. The Hall–Kier alpha value is -1.02. The van der Waals surface area contributed by atoms with E-state index in [9.17, 15) is 0 Å². The third-order valence-electron chi connectivity index (χ3n) is 2.89. The molecule has 0 heterocycles. The summed E-state index contributed by atoms with van der Waals surface area (Å²) in [6.45, 7) is 11.9. The number of nitrogens with one attached hydrogen (secondary N) is 1. The number of benzene rings is 1. The van der Waals surface area contributed by atoms with E-state index >= 15 is 0 Å². The minimum Gasteiger partial charge on any atom is -0.491 e. The largest absolute Gasteiger partial charge is 0.491 e. The zero-order valence-electron chi connectivity index (χ0n) is 12.4.